The number of carbonyl (C=O) groups excluding carboxylic acids is 1. The maximum Gasteiger partial charge on any atom is 0.241 e. The Kier molecular flexibility index (Phi) is 4.16. The van der Waals surface area contributed by atoms with Gasteiger partial charge in [-0.2, -0.15) is 0 Å². The molecular weight excluding hydrogens is 334 g/mol. The normalized spacial score (nSPS) is 11.8. The summed E-state index contributed by atoms with van der Waals surface area (Å²) in [6.07, 6.45) is 1.46. The second-order valence-electron chi connectivity index (χ2n) is 5.08. The minimum absolute atomic E-state index is 0.00102. The van der Waals surface area contributed by atoms with Crippen molar-refractivity contribution in [3.63, 3.8) is 0 Å². The van der Waals surface area contributed by atoms with Crippen LogP contribution in [0.3, 0.4) is 0 Å². The molecule has 3 aromatic rings. The zero-order chi connectivity index (χ0) is 17.3. The molecule has 0 unspecified atom stereocenters. The van der Waals surface area contributed by atoms with E-state index in [0.717, 1.165) is 0 Å². The molecule has 0 aliphatic heterocycles. The Balaban J connectivity index is 2.06. The highest BCUT2D eigenvalue weighted by atomic mass is 32.2. The largest absolute Gasteiger partial charge is 0.493 e. The van der Waals surface area contributed by atoms with Gasteiger partial charge in [0.25, 0.3) is 0 Å². The Morgan fingerprint density at radius 2 is 2.08 bits per heavy atom. The second kappa shape index (κ2) is 6.14. The Morgan fingerprint density at radius 1 is 1.29 bits per heavy atom. The van der Waals surface area contributed by atoms with Crippen LogP contribution in [0, 0.1) is 0 Å². The smallest absolute Gasteiger partial charge is 0.241 e. The van der Waals surface area contributed by atoms with Gasteiger partial charge in [0.2, 0.25) is 10.0 Å². The monoisotopic (exact) mass is 349 g/mol. The fourth-order valence-electron chi connectivity index (χ4n) is 2.30. The fourth-order valence-corrected chi connectivity index (χ4v) is 3.48. The van der Waals surface area contributed by atoms with E-state index in [1.165, 1.54) is 38.5 Å². The average Bonchev–Trinajstić information content (AvgIpc) is 3.21. The third kappa shape index (κ3) is 2.93. The standard InChI is InChI=1S/C16H15NO6S/c1-10(18)14-8-12-15(6-5-13(21-2)16(12)23-14)24(19,20)17-9-11-4-3-7-22-11/h3-8,17H,9H2,1-2H3. The zero-order valence-electron chi connectivity index (χ0n) is 13.0. The van der Waals surface area contributed by atoms with Crippen molar-refractivity contribution in [1.29, 1.82) is 0 Å². The van der Waals surface area contributed by atoms with Crippen molar-refractivity contribution in [2.24, 2.45) is 0 Å². The van der Waals surface area contributed by atoms with E-state index < -0.39 is 10.0 Å². The minimum atomic E-state index is -3.84. The summed E-state index contributed by atoms with van der Waals surface area (Å²) in [5, 5.41) is 0.284. The molecule has 7 nitrogen and oxygen atoms in total. The number of furan rings is 2. The lowest BCUT2D eigenvalue weighted by molar-refractivity contribution is 0.0989. The van der Waals surface area contributed by atoms with Crippen LogP contribution in [0.1, 0.15) is 23.2 Å². The molecule has 1 N–H and O–H groups in total. The summed E-state index contributed by atoms with van der Waals surface area (Å²) < 4.78 is 43.4. The number of benzene rings is 1. The molecule has 0 aliphatic rings. The summed E-state index contributed by atoms with van der Waals surface area (Å²) in [6.45, 7) is 1.35. The van der Waals surface area contributed by atoms with Crippen molar-refractivity contribution in [2.45, 2.75) is 18.4 Å². The molecule has 8 heteroatoms. The molecule has 0 spiro atoms. The van der Waals surface area contributed by atoms with Gasteiger partial charge in [-0.05, 0) is 30.3 Å². The number of ketones is 1. The molecule has 0 atom stereocenters. The number of Topliss-reactive ketones (excluding diaryl/α,β-unsaturated/α-hetero) is 1. The number of rotatable bonds is 6. The highest BCUT2D eigenvalue weighted by Gasteiger charge is 2.23. The Hall–Kier alpha value is -2.58. The Labute approximate surface area is 138 Å². The van der Waals surface area contributed by atoms with Gasteiger partial charge in [0.1, 0.15) is 5.76 Å². The molecule has 0 saturated heterocycles. The van der Waals surface area contributed by atoms with E-state index in [9.17, 15) is 13.2 Å². The van der Waals surface area contributed by atoms with Crippen LogP contribution < -0.4 is 9.46 Å². The van der Waals surface area contributed by atoms with Crippen molar-refractivity contribution < 1.29 is 26.8 Å². The highest BCUT2D eigenvalue weighted by Crippen LogP contribution is 2.33. The zero-order valence-corrected chi connectivity index (χ0v) is 13.8. The first-order valence-electron chi connectivity index (χ1n) is 7.06. The van der Waals surface area contributed by atoms with Gasteiger partial charge >= 0.3 is 0 Å². The number of ether oxygens (including phenoxy) is 1. The number of hydrogen-bond donors (Lipinski definition) is 1. The molecule has 2 heterocycles. The van der Waals surface area contributed by atoms with Gasteiger partial charge in [-0.3, -0.25) is 4.79 Å². The Morgan fingerprint density at radius 3 is 2.71 bits per heavy atom. The van der Waals surface area contributed by atoms with Crippen molar-refractivity contribution in [3.8, 4) is 5.75 Å². The van der Waals surface area contributed by atoms with Crippen LogP contribution >= 0.6 is 0 Å². The van der Waals surface area contributed by atoms with E-state index in [4.69, 9.17) is 13.6 Å². The number of methoxy groups -OCH3 is 1. The van der Waals surface area contributed by atoms with Gasteiger partial charge < -0.3 is 13.6 Å². The first kappa shape index (κ1) is 16.3. The maximum atomic E-state index is 12.6. The molecule has 3 rings (SSSR count). The number of hydrogen-bond acceptors (Lipinski definition) is 6. The van der Waals surface area contributed by atoms with Crippen molar-refractivity contribution in [3.05, 3.63) is 48.1 Å². The third-order valence-electron chi connectivity index (χ3n) is 3.48. The van der Waals surface area contributed by atoms with Gasteiger partial charge in [-0.25, -0.2) is 13.1 Å². The van der Waals surface area contributed by atoms with Gasteiger partial charge in [0, 0.05) is 12.3 Å². The molecule has 0 amide bonds. The summed E-state index contributed by atoms with van der Waals surface area (Å²) in [5.41, 5.74) is 0.212. The predicted molar refractivity (Wildman–Crippen MR) is 85.5 cm³/mol. The first-order chi connectivity index (χ1) is 11.4. The second-order valence-corrected chi connectivity index (χ2v) is 6.81. The number of carbonyl (C=O) groups is 1. The van der Waals surface area contributed by atoms with Gasteiger partial charge in [-0.1, -0.05) is 0 Å². The molecule has 0 fully saturated rings. The molecule has 24 heavy (non-hydrogen) atoms. The van der Waals surface area contributed by atoms with Crippen LogP contribution in [0.4, 0.5) is 0 Å². The first-order valence-corrected chi connectivity index (χ1v) is 8.54. The highest BCUT2D eigenvalue weighted by molar-refractivity contribution is 7.89. The van der Waals surface area contributed by atoms with Gasteiger partial charge in [0.15, 0.2) is 22.9 Å². The van der Waals surface area contributed by atoms with E-state index in [1.54, 1.807) is 12.1 Å². The van der Waals surface area contributed by atoms with E-state index in [1.807, 2.05) is 0 Å². The van der Waals surface area contributed by atoms with Gasteiger partial charge in [-0.15, -0.1) is 0 Å². The topological polar surface area (TPSA) is 98.8 Å². The summed E-state index contributed by atoms with van der Waals surface area (Å²) >= 11 is 0. The van der Waals surface area contributed by atoms with Crippen LogP contribution in [0.25, 0.3) is 11.0 Å². The average molecular weight is 349 g/mol. The van der Waals surface area contributed by atoms with Crippen LogP contribution in [0.5, 0.6) is 5.75 Å². The van der Waals surface area contributed by atoms with Crippen LogP contribution in [0.15, 0.2) is 50.3 Å². The lowest BCUT2D eigenvalue weighted by Crippen LogP contribution is -2.23. The van der Waals surface area contributed by atoms with Crippen molar-refractivity contribution in [1.82, 2.24) is 4.72 Å². The van der Waals surface area contributed by atoms with E-state index in [0.29, 0.717) is 11.5 Å². The molecule has 1 aromatic carbocycles. The molecular formula is C16H15NO6S. The number of fused-ring (bicyclic) bond motifs is 1. The lowest BCUT2D eigenvalue weighted by Gasteiger charge is -2.08. The molecule has 0 aliphatic carbocycles. The fraction of sp³-hybridized carbons (Fsp3) is 0.188. The van der Waals surface area contributed by atoms with Crippen LogP contribution in [0.2, 0.25) is 0 Å². The SMILES string of the molecule is COc1ccc(S(=O)(=O)NCc2ccco2)c2cc(C(C)=O)oc12. The lowest BCUT2D eigenvalue weighted by atomic mass is 10.2. The van der Waals surface area contributed by atoms with E-state index in [2.05, 4.69) is 4.72 Å². The summed E-state index contributed by atoms with van der Waals surface area (Å²) in [4.78, 5) is 11.5. The quantitative estimate of drug-likeness (QED) is 0.687. The van der Waals surface area contributed by atoms with E-state index >= 15 is 0 Å². The Bertz CT molecular complexity index is 985. The van der Waals surface area contributed by atoms with Crippen LogP contribution in [-0.4, -0.2) is 21.3 Å². The number of nitrogens with one attached hydrogen (secondary N) is 1. The van der Waals surface area contributed by atoms with Crippen LogP contribution in [-0.2, 0) is 16.6 Å². The molecule has 0 saturated carbocycles. The molecule has 0 bridgehead atoms. The van der Waals surface area contributed by atoms with Gasteiger partial charge in [0.05, 0.1) is 24.8 Å². The summed E-state index contributed by atoms with van der Waals surface area (Å²) in [6, 6.07) is 7.63. The van der Waals surface area contributed by atoms with E-state index in [-0.39, 0.29) is 34.0 Å². The molecule has 126 valence electrons. The molecule has 2 aromatic heterocycles. The number of sulfonamides is 1. The molecule has 0 radical (unpaired) electrons. The van der Waals surface area contributed by atoms with Crippen molar-refractivity contribution in [2.75, 3.05) is 7.11 Å². The minimum Gasteiger partial charge on any atom is -0.493 e. The maximum absolute atomic E-state index is 12.6. The van der Waals surface area contributed by atoms with Crippen molar-refractivity contribution >= 4 is 26.8 Å². The summed E-state index contributed by atoms with van der Waals surface area (Å²) in [7, 11) is -2.40. The predicted octanol–water partition coefficient (Wildman–Crippen LogP) is 2.72. The summed E-state index contributed by atoms with van der Waals surface area (Å²) in [5.74, 6) is 0.597. The third-order valence-corrected chi connectivity index (χ3v) is 4.94.